The zero-order valence-electron chi connectivity index (χ0n) is 9.70. The minimum atomic E-state index is 0.580. The van der Waals surface area contributed by atoms with Crippen LogP contribution in [0.4, 0.5) is 11.4 Å². The van der Waals surface area contributed by atoms with Crippen molar-refractivity contribution in [1.82, 2.24) is 0 Å². The Balaban J connectivity index is 2.16. The van der Waals surface area contributed by atoms with Crippen molar-refractivity contribution in [1.29, 1.82) is 0 Å². The monoisotopic (exact) mass is 290 g/mol. The van der Waals surface area contributed by atoms with Gasteiger partial charge in [-0.25, -0.2) is 0 Å². The van der Waals surface area contributed by atoms with Crippen LogP contribution in [0, 0.1) is 6.92 Å². The van der Waals surface area contributed by atoms with Gasteiger partial charge in [-0.15, -0.1) is 0 Å². The third kappa shape index (κ3) is 3.08. The molecule has 0 saturated heterocycles. The summed E-state index contributed by atoms with van der Waals surface area (Å²) in [6.07, 6.45) is 0. The molecule has 0 amide bonds. The van der Waals surface area contributed by atoms with Crippen molar-refractivity contribution < 1.29 is 0 Å². The quantitative estimate of drug-likeness (QED) is 0.898. The van der Waals surface area contributed by atoms with Crippen LogP contribution in [0.2, 0.25) is 0 Å². The fourth-order valence-corrected chi connectivity index (χ4v) is 1.94. The Kier molecular flexibility index (Phi) is 3.82. The van der Waals surface area contributed by atoms with Crippen LogP contribution in [-0.4, -0.2) is 0 Å². The lowest BCUT2D eigenvalue weighted by atomic mass is 10.2. The Hall–Kier alpha value is -1.32. The molecule has 0 spiro atoms. The van der Waals surface area contributed by atoms with Gasteiger partial charge in [0.15, 0.2) is 0 Å². The second kappa shape index (κ2) is 5.34. The number of nitrogens with one attached hydrogen (secondary N) is 1. The summed E-state index contributed by atoms with van der Waals surface area (Å²) in [4.78, 5) is 0. The van der Waals surface area contributed by atoms with E-state index in [-0.39, 0.29) is 0 Å². The molecule has 2 aromatic rings. The maximum absolute atomic E-state index is 5.56. The molecule has 0 aliphatic heterocycles. The van der Waals surface area contributed by atoms with E-state index in [9.17, 15) is 0 Å². The van der Waals surface area contributed by atoms with E-state index in [1.54, 1.807) is 0 Å². The molecule has 0 saturated carbocycles. The van der Waals surface area contributed by atoms with E-state index >= 15 is 0 Å². The van der Waals surface area contributed by atoms with Crippen LogP contribution >= 0.6 is 15.9 Å². The van der Waals surface area contributed by atoms with Crippen molar-refractivity contribution in [3.63, 3.8) is 0 Å². The topological polar surface area (TPSA) is 38.0 Å². The van der Waals surface area contributed by atoms with Gasteiger partial charge in [-0.1, -0.05) is 34.1 Å². The molecule has 88 valence electrons. The Bertz CT molecular complexity index is 506. The highest BCUT2D eigenvalue weighted by Gasteiger charge is 1.98. The van der Waals surface area contributed by atoms with Crippen LogP contribution in [0.5, 0.6) is 0 Å². The molecule has 2 rings (SSSR count). The maximum atomic E-state index is 5.56. The lowest BCUT2D eigenvalue weighted by Crippen LogP contribution is -1.96. The predicted molar refractivity (Wildman–Crippen MR) is 76.5 cm³/mol. The summed E-state index contributed by atoms with van der Waals surface area (Å²) in [6.45, 7) is 2.65. The van der Waals surface area contributed by atoms with Crippen molar-refractivity contribution in [2.24, 2.45) is 5.73 Å². The SMILES string of the molecule is Cc1ccc(Nc2ccc(CN)cc2)cc1Br. The van der Waals surface area contributed by atoms with Crippen LogP contribution in [0.3, 0.4) is 0 Å². The van der Waals surface area contributed by atoms with Gasteiger partial charge in [0.05, 0.1) is 0 Å². The number of halogens is 1. The van der Waals surface area contributed by atoms with E-state index in [1.165, 1.54) is 5.56 Å². The van der Waals surface area contributed by atoms with Crippen LogP contribution in [-0.2, 0) is 6.54 Å². The van der Waals surface area contributed by atoms with Gasteiger partial charge in [0.1, 0.15) is 0 Å². The van der Waals surface area contributed by atoms with Crippen LogP contribution in [0.25, 0.3) is 0 Å². The highest BCUT2D eigenvalue weighted by atomic mass is 79.9. The van der Waals surface area contributed by atoms with Crippen molar-refractivity contribution in [2.45, 2.75) is 13.5 Å². The molecule has 2 nitrogen and oxygen atoms in total. The average molecular weight is 291 g/mol. The minimum absolute atomic E-state index is 0.580. The minimum Gasteiger partial charge on any atom is -0.355 e. The van der Waals surface area contributed by atoms with Gasteiger partial charge in [-0.3, -0.25) is 0 Å². The molecule has 3 heteroatoms. The number of hydrogen-bond donors (Lipinski definition) is 2. The van der Waals surface area contributed by atoms with Gasteiger partial charge in [-0.2, -0.15) is 0 Å². The molecule has 0 bridgehead atoms. The van der Waals surface area contributed by atoms with Gasteiger partial charge in [0.2, 0.25) is 0 Å². The zero-order chi connectivity index (χ0) is 12.3. The summed E-state index contributed by atoms with van der Waals surface area (Å²) in [5, 5.41) is 3.35. The van der Waals surface area contributed by atoms with Crippen LogP contribution in [0.1, 0.15) is 11.1 Å². The van der Waals surface area contributed by atoms with Gasteiger partial charge in [0.25, 0.3) is 0 Å². The largest absolute Gasteiger partial charge is 0.355 e. The maximum Gasteiger partial charge on any atom is 0.0395 e. The predicted octanol–water partition coefficient (Wildman–Crippen LogP) is 3.96. The third-order valence-electron chi connectivity index (χ3n) is 2.65. The number of nitrogens with two attached hydrogens (primary N) is 1. The molecule has 0 aromatic heterocycles. The second-order valence-corrected chi connectivity index (χ2v) is 4.84. The fourth-order valence-electron chi connectivity index (χ4n) is 1.56. The smallest absolute Gasteiger partial charge is 0.0395 e. The zero-order valence-corrected chi connectivity index (χ0v) is 11.3. The first-order chi connectivity index (χ1) is 8.19. The normalized spacial score (nSPS) is 10.3. The molecule has 0 unspecified atom stereocenters. The standard InChI is InChI=1S/C14H15BrN2/c1-10-2-5-13(8-14(10)15)17-12-6-3-11(9-16)4-7-12/h2-8,17H,9,16H2,1H3. The Labute approximate surface area is 110 Å². The van der Waals surface area contributed by atoms with Crippen molar-refractivity contribution in [3.8, 4) is 0 Å². The molecule has 17 heavy (non-hydrogen) atoms. The highest BCUT2D eigenvalue weighted by Crippen LogP contribution is 2.23. The van der Waals surface area contributed by atoms with Gasteiger partial charge in [-0.05, 0) is 42.3 Å². The molecule has 0 aliphatic carbocycles. The second-order valence-electron chi connectivity index (χ2n) is 3.99. The fraction of sp³-hybridized carbons (Fsp3) is 0.143. The summed E-state index contributed by atoms with van der Waals surface area (Å²) in [7, 11) is 0. The number of anilines is 2. The first kappa shape index (κ1) is 12.1. The van der Waals surface area contributed by atoms with E-state index in [0.717, 1.165) is 21.4 Å². The summed E-state index contributed by atoms with van der Waals surface area (Å²) >= 11 is 3.53. The average Bonchev–Trinajstić information content (AvgIpc) is 2.35. The summed E-state index contributed by atoms with van der Waals surface area (Å²) in [5.41, 5.74) is 10.1. The van der Waals surface area contributed by atoms with Crippen LogP contribution < -0.4 is 11.1 Å². The molecule has 0 atom stereocenters. The molecular weight excluding hydrogens is 276 g/mol. The summed E-state index contributed by atoms with van der Waals surface area (Å²) in [5.74, 6) is 0. The molecular formula is C14H15BrN2. The van der Waals surface area contributed by atoms with Crippen LogP contribution in [0.15, 0.2) is 46.9 Å². The summed E-state index contributed by atoms with van der Waals surface area (Å²) in [6, 6.07) is 14.4. The van der Waals surface area contributed by atoms with Crippen molar-refractivity contribution in [2.75, 3.05) is 5.32 Å². The molecule has 0 fully saturated rings. The molecule has 3 N–H and O–H groups in total. The molecule has 0 radical (unpaired) electrons. The lowest BCUT2D eigenvalue weighted by molar-refractivity contribution is 1.07. The van der Waals surface area contributed by atoms with E-state index in [1.807, 2.05) is 24.3 Å². The number of aryl methyl sites for hydroxylation is 1. The number of benzene rings is 2. The van der Waals surface area contributed by atoms with E-state index < -0.39 is 0 Å². The molecule has 0 heterocycles. The first-order valence-corrected chi connectivity index (χ1v) is 6.30. The molecule has 2 aromatic carbocycles. The Morgan fingerprint density at radius 1 is 1.06 bits per heavy atom. The summed E-state index contributed by atoms with van der Waals surface area (Å²) < 4.78 is 1.11. The Morgan fingerprint density at radius 3 is 2.29 bits per heavy atom. The van der Waals surface area contributed by atoms with E-state index in [4.69, 9.17) is 5.73 Å². The Morgan fingerprint density at radius 2 is 1.71 bits per heavy atom. The van der Waals surface area contributed by atoms with Gasteiger partial charge < -0.3 is 11.1 Å². The van der Waals surface area contributed by atoms with Crippen molar-refractivity contribution >= 4 is 27.3 Å². The molecule has 0 aliphatic rings. The van der Waals surface area contributed by atoms with Gasteiger partial charge >= 0.3 is 0 Å². The first-order valence-electron chi connectivity index (χ1n) is 5.51. The highest BCUT2D eigenvalue weighted by molar-refractivity contribution is 9.10. The van der Waals surface area contributed by atoms with Gasteiger partial charge in [0, 0.05) is 22.4 Å². The lowest BCUT2D eigenvalue weighted by Gasteiger charge is -2.08. The van der Waals surface area contributed by atoms with E-state index in [2.05, 4.69) is 46.4 Å². The third-order valence-corrected chi connectivity index (χ3v) is 3.50. The number of hydrogen-bond acceptors (Lipinski definition) is 2. The van der Waals surface area contributed by atoms with E-state index in [0.29, 0.717) is 6.54 Å². The van der Waals surface area contributed by atoms with Crippen molar-refractivity contribution in [3.05, 3.63) is 58.1 Å². The number of rotatable bonds is 3.